The number of rotatable bonds is 1. The largest absolute Gasteiger partial charge is 0.351 e. The highest BCUT2D eigenvalue weighted by atomic mass is 15.1. The molecular formula is C15H23N3. The summed E-state index contributed by atoms with van der Waals surface area (Å²) in [7, 11) is 0. The Bertz CT molecular complexity index is 553. The summed E-state index contributed by atoms with van der Waals surface area (Å²) in [4.78, 5) is 7.91. The Kier molecular flexibility index (Phi) is 2.88. The maximum absolute atomic E-state index is 4.61. The zero-order valence-electron chi connectivity index (χ0n) is 12.2. The first kappa shape index (κ1) is 12.9. The van der Waals surface area contributed by atoms with Gasteiger partial charge in [-0.1, -0.05) is 26.8 Å². The molecule has 2 rings (SSSR count). The van der Waals surface area contributed by atoms with E-state index < -0.39 is 0 Å². The van der Waals surface area contributed by atoms with E-state index in [1.54, 1.807) is 0 Å². The fourth-order valence-corrected chi connectivity index (χ4v) is 1.89. The average Bonchev–Trinajstić information content (AvgIpc) is 2.53. The van der Waals surface area contributed by atoms with E-state index in [1.807, 2.05) is 0 Å². The van der Waals surface area contributed by atoms with Crippen molar-refractivity contribution in [3.63, 3.8) is 0 Å². The van der Waals surface area contributed by atoms with Crippen LogP contribution in [-0.2, 0) is 5.41 Å². The first-order valence-electron chi connectivity index (χ1n) is 6.44. The van der Waals surface area contributed by atoms with Crippen LogP contribution in [0.25, 0.3) is 11.0 Å². The van der Waals surface area contributed by atoms with E-state index >= 15 is 0 Å². The minimum atomic E-state index is 0.0146. The molecule has 3 nitrogen and oxygen atoms in total. The quantitative estimate of drug-likeness (QED) is 0.795. The lowest BCUT2D eigenvalue weighted by atomic mass is 9.87. The molecule has 0 aliphatic heterocycles. The van der Waals surface area contributed by atoms with Gasteiger partial charge < -0.3 is 10.3 Å². The van der Waals surface area contributed by atoms with Gasteiger partial charge in [0.1, 0.15) is 0 Å². The fraction of sp³-hybridized carbons (Fsp3) is 0.533. The number of anilines is 1. The molecule has 0 unspecified atom stereocenters. The number of fused-ring (bicyclic) bond motifs is 1. The summed E-state index contributed by atoms with van der Waals surface area (Å²) in [6.07, 6.45) is 0. The Morgan fingerprint density at radius 2 is 1.72 bits per heavy atom. The first-order chi connectivity index (χ1) is 8.15. The number of H-pyrrole nitrogens is 1. The van der Waals surface area contributed by atoms with E-state index in [-0.39, 0.29) is 11.0 Å². The molecule has 0 spiro atoms. The number of benzene rings is 1. The number of aromatic amines is 1. The fourth-order valence-electron chi connectivity index (χ4n) is 1.89. The number of imidazole rings is 1. The lowest BCUT2D eigenvalue weighted by Gasteiger charge is -2.19. The van der Waals surface area contributed by atoms with Crippen LogP contribution < -0.4 is 5.32 Å². The maximum atomic E-state index is 4.61. The van der Waals surface area contributed by atoms with E-state index in [4.69, 9.17) is 0 Å². The summed E-state index contributed by atoms with van der Waals surface area (Å²) in [5.41, 5.74) is 3.58. The molecule has 3 heteroatoms. The molecule has 0 radical (unpaired) electrons. The van der Waals surface area contributed by atoms with Crippen molar-refractivity contribution in [2.45, 2.75) is 52.5 Å². The number of nitrogens with zero attached hydrogens (tertiary/aromatic N) is 1. The van der Waals surface area contributed by atoms with Crippen LogP contribution in [0.15, 0.2) is 18.2 Å². The maximum Gasteiger partial charge on any atom is 0.201 e. The van der Waals surface area contributed by atoms with Gasteiger partial charge in [0.25, 0.3) is 0 Å². The van der Waals surface area contributed by atoms with E-state index in [2.05, 4.69) is 75.0 Å². The van der Waals surface area contributed by atoms with Gasteiger partial charge in [-0.15, -0.1) is 0 Å². The van der Waals surface area contributed by atoms with E-state index in [1.165, 1.54) is 5.56 Å². The van der Waals surface area contributed by atoms with Gasteiger partial charge in [0.2, 0.25) is 5.95 Å². The summed E-state index contributed by atoms with van der Waals surface area (Å²) in [5, 5.41) is 3.36. The Morgan fingerprint density at radius 3 is 2.28 bits per heavy atom. The molecule has 0 aliphatic rings. The standard InChI is InChI=1S/C15H23N3/c1-14(2,3)10-7-8-11-12(9-10)17-13(16-11)18-15(4,5)6/h7-9H,1-6H3,(H2,16,17,18). The van der Waals surface area contributed by atoms with Crippen LogP contribution >= 0.6 is 0 Å². The molecular weight excluding hydrogens is 222 g/mol. The number of hydrogen-bond acceptors (Lipinski definition) is 2. The lowest BCUT2D eigenvalue weighted by Crippen LogP contribution is -2.26. The van der Waals surface area contributed by atoms with Crippen molar-refractivity contribution in [2.24, 2.45) is 0 Å². The summed E-state index contributed by atoms with van der Waals surface area (Å²) < 4.78 is 0. The average molecular weight is 245 g/mol. The number of aromatic nitrogens is 2. The predicted octanol–water partition coefficient (Wildman–Crippen LogP) is 4.07. The number of nitrogens with one attached hydrogen (secondary N) is 2. The third kappa shape index (κ3) is 2.84. The van der Waals surface area contributed by atoms with Crippen molar-refractivity contribution in [1.82, 2.24) is 9.97 Å². The summed E-state index contributed by atoms with van der Waals surface area (Å²) >= 11 is 0. The van der Waals surface area contributed by atoms with Crippen molar-refractivity contribution in [1.29, 1.82) is 0 Å². The van der Waals surface area contributed by atoms with Crippen molar-refractivity contribution in [3.8, 4) is 0 Å². The minimum Gasteiger partial charge on any atom is -0.351 e. The molecule has 1 aromatic heterocycles. The molecule has 1 heterocycles. The molecule has 18 heavy (non-hydrogen) atoms. The van der Waals surface area contributed by atoms with Gasteiger partial charge in [-0.25, -0.2) is 4.98 Å². The SMILES string of the molecule is CC(C)(C)Nc1nc2cc(C(C)(C)C)ccc2[nH]1. The smallest absolute Gasteiger partial charge is 0.201 e. The van der Waals surface area contributed by atoms with Gasteiger partial charge >= 0.3 is 0 Å². The molecule has 1 aromatic carbocycles. The zero-order chi connectivity index (χ0) is 13.6. The van der Waals surface area contributed by atoms with Gasteiger partial charge in [0.15, 0.2) is 0 Å². The monoisotopic (exact) mass is 245 g/mol. The molecule has 0 amide bonds. The highest BCUT2D eigenvalue weighted by molar-refractivity contribution is 5.78. The zero-order valence-corrected chi connectivity index (χ0v) is 12.2. The summed E-state index contributed by atoms with van der Waals surface area (Å²) in [5.74, 6) is 0.837. The molecule has 0 fully saturated rings. The Balaban J connectivity index is 2.40. The summed E-state index contributed by atoms with van der Waals surface area (Å²) in [6.45, 7) is 13.0. The Hall–Kier alpha value is -1.51. The predicted molar refractivity (Wildman–Crippen MR) is 78.2 cm³/mol. The topological polar surface area (TPSA) is 40.7 Å². The highest BCUT2D eigenvalue weighted by Crippen LogP contribution is 2.26. The first-order valence-corrected chi connectivity index (χ1v) is 6.44. The minimum absolute atomic E-state index is 0.0146. The highest BCUT2D eigenvalue weighted by Gasteiger charge is 2.16. The molecule has 2 N–H and O–H groups in total. The second kappa shape index (κ2) is 4.01. The third-order valence-electron chi connectivity index (χ3n) is 2.84. The van der Waals surface area contributed by atoms with Crippen molar-refractivity contribution in [2.75, 3.05) is 5.32 Å². The van der Waals surface area contributed by atoms with Crippen molar-refractivity contribution < 1.29 is 0 Å². The molecule has 98 valence electrons. The lowest BCUT2D eigenvalue weighted by molar-refractivity contribution is 0.591. The molecule has 0 saturated heterocycles. The van der Waals surface area contributed by atoms with Crippen LogP contribution in [0.1, 0.15) is 47.1 Å². The molecule has 0 aliphatic carbocycles. The van der Waals surface area contributed by atoms with E-state index in [9.17, 15) is 0 Å². The van der Waals surface area contributed by atoms with Crippen LogP contribution in [0.2, 0.25) is 0 Å². The third-order valence-corrected chi connectivity index (χ3v) is 2.84. The molecule has 2 aromatic rings. The van der Waals surface area contributed by atoms with E-state index in [0.717, 1.165) is 17.0 Å². The Labute approximate surface area is 109 Å². The second-order valence-electron chi connectivity index (χ2n) is 6.94. The van der Waals surface area contributed by atoms with Crippen LogP contribution in [0, 0.1) is 0 Å². The second-order valence-corrected chi connectivity index (χ2v) is 6.94. The van der Waals surface area contributed by atoms with Gasteiger partial charge in [-0.05, 0) is 43.9 Å². The van der Waals surface area contributed by atoms with Crippen LogP contribution in [0.5, 0.6) is 0 Å². The van der Waals surface area contributed by atoms with Gasteiger partial charge in [0.05, 0.1) is 11.0 Å². The van der Waals surface area contributed by atoms with Gasteiger partial charge in [-0.3, -0.25) is 0 Å². The van der Waals surface area contributed by atoms with Crippen LogP contribution in [0.4, 0.5) is 5.95 Å². The number of hydrogen-bond donors (Lipinski definition) is 2. The van der Waals surface area contributed by atoms with Gasteiger partial charge in [0, 0.05) is 5.54 Å². The molecule has 0 atom stereocenters. The Morgan fingerprint density at radius 1 is 1.06 bits per heavy atom. The summed E-state index contributed by atoms with van der Waals surface area (Å²) in [6, 6.07) is 6.44. The van der Waals surface area contributed by atoms with Crippen molar-refractivity contribution in [3.05, 3.63) is 23.8 Å². The van der Waals surface area contributed by atoms with Crippen LogP contribution in [-0.4, -0.2) is 15.5 Å². The normalized spacial score (nSPS) is 13.0. The van der Waals surface area contributed by atoms with Gasteiger partial charge in [-0.2, -0.15) is 0 Å². The van der Waals surface area contributed by atoms with E-state index in [0.29, 0.717) is 0 Å². The van der Waals surface area contributed by atoms with Crippen molar-refractivity contribution >= 4 is 17.0 Å². The molecule has 0 saturated carbocycles. The molecule has 0 bridgehead atoms. The van der Waals surface area contributed by atoms with Crippen LogP contribution in [0.3, 0.4) is 0 Å².